The average Bonchev–Trinajstić information content (AvgIpc) is 2.18. The Kier molecular flexibility index (Phi) is 4.30. The second-order valence-electron chi connectivity index (χ2n) is 4.83. The highest BCUT2D eigenvalue weighted by Crippen LogP contribution is 2.21. The van der Waals surface area contributed by atoms with Gasteiger partial charge < -0.3 is 0 Å². The number of hydrogen-bond donors (Lipinski definition) is 2. The fraction of sp³-hybridized carbons (Fsp3) is 0.538. The Morgan fingerprint density at radius 2 is 1.60 bits per heavy atom. The first-order chi connectivity index (χ1) is 7.04. The number of benzene rings is 1. The van der Waals surface area contributed by atoms with Gasteiger partial charge in [-0.25, -0.2) is 0 Å². The molecule has 0 spiro atoms. The van der Waals surface area contributed by atoms with E-state index >= 15 is 0 Å². The van der Waals surface area contributed by atoms with E-state index in [1.807, 2.05) is 0 Å². The van der Waals surface area contributed by atoms with Crippen molar-refractivity contribution in [3.8, 4) is 0 Å². The summed E-state index contributed by atoms with van der Waals surface area (Å²) in [5.41, 5.74) is 9.19. The predicted octanol–water partition coefficient (Wildman–Crippen LogP) is 2.60. The largest absolute Gasteiger partial charge is 0.258 e. The zero-order valence-electron chi connectivity index (χ0n) is 10.2. The van der Waals surface area contributed by atoms with E-state index in [0.717, 1.165) is 13.1 Å². The predicted molar refractivity (Wildman–Crippen MR) is 65.7 cm³/mol. The molecule has 0 unspecified atom stereocenters. The molecule has 0 heterocycles. The SMILES string of the molecule is CCNNCc1ccc(C(C)(C)C)cc1. The molecule has 84 valence electrons. The normalized spacial score (nSPS) is 11.7. The number of nitrogens with one attached hydrogen (secondary N) is 2. The van der Waals surface area contributed by atoms with Crippen molar-refractivity contribution in [2.24, 2.45) is 0 Å². The van der Waals surface area contributed by atoms with Crippen molar-refractivity contribution >= 4 is 0 Å². The molecule has 0 bridgehead atoms. The topological polar surface area (TPSA) is 24.1 Å². The molecular weight excluding hydrogens is 184 g/mol. The fourth-order valence-electron chi connectivity index (χ4n) is 1.41. The smallest absolute Gasteiger partial charge is 0.0351 e. The lowest BCUT2D eigenvalue weighted by Crippen LogP contribution is -2.30. The van der Waals surface area contributed by atoms with Gasteiger partial charge >= 0.3 is 0 Å². The van der Waals surface area contributed by atoms with E-state index in [2.05, 4.69) is 62.8 Å². The third kappa shape index (κ3) is 4.02. The van der Waals surface area contributed by atoms with Crippen molar-refractivity contribution < 1.29 is 0 Å². The summed E-state index contributed by atoms with van der Waals surface area (Å²) in [4.78, 5) is 0. The van der Waals surface area contributed by atoms with Gasteiger partial charge in [0.15, 0.2) is 0 Å². The van der Waals surface area contributed by atoms with Crippen molar-refractivity contribution in [2.45, 2.75) is 39.7 Å². The van der Waals surface area contributed by atoms with Crippen LogP contribution in [0.2, 0.25) is 0 Å². The monoisotopic (exact) mass is 206 g/mol. The molecule has 0 aliphatic rings. The molecule has 1 aromatic carbocycles. The van der Waals surface area contributed by atoms with Gasteiger partial charge in [-0.05, 0) is 16.5 Å². The van der Waals surface area contributed by atoms with E-state index in [-0.39, 0.29) is 5.41 Å². The summed E-state index contributed by atoms with van der Waals surface area (Å²) < 4.78 is 0. The van der Waals surface area contributed by atoms with E-state index in [9.17, 15) is 0 Å². The zero-order valence-corrected chi connectivity index (χ0v) is 10.2. The molecule has 0 saturated carbocycles. The zero-order chi connectivity index (χ0) is 11.3. The Balaban J connectivity index is 2.57. The molecule has 0 aliphatic carbocycles. The summed E-state index contributed by atoms with van der Waals surface area (Å²) in [6, 6.07) is 8.79. The minimum absolute atomic E-state index is 0.244. The molecule has 0 radical (unpaired) electrons. The summed E-state index contributed by atoms with van der Waals surface area (Å²) in [6.07, 6.45) is 0. The van der Waals surface area contributed by atoms with Gasteiger partial charge in [-0.2, -0.15) is 0 Å². The van der Waals surface area contributed by atoms with Crippen LogP contribution < -0.4 is 10.9 Å². The van der Waals surface area contributed by atoms with Crippen LogP contribution in [0.4, 0.5) is 0 Å². The van der Waals surface area contributed by atoms with Gasteiger partial charge in [-0.3, -0.25) is 10.9 Å². The molecule has 0 atom stereocenters. The minimum Gasteiger partial charge on any atom is -0.258 e. The number of hydrogen-bond acceptors (Lipinski definition) is 2. The van der Waals surface area contributed by atoms with E-state index in [1.165, 1.54) is 11.1 Å². The molecule has 2 N–H and O–H groups in total. The molecule has 0 amide bonds. The number of rotatable bonds is 4. The lowest BCUT2D eigenvalue weighted by atomic mass is 9.87. The summed E-state index contributed by atoms with van der Waals surface area (Å²) >= 11 is 0. The molecule has 0 saturated heterocycles. The summed E-state index contributed by atoms with van der Waals surface area (Å²) in [7, 11) is 0. The Bertz CT molecular complexity index is 282. The van der Waals surface area contributed by atoms with Gasteiger partial charge in [0.25, 0.3) is 0 Å². The van der Waals surface area contributed by atoms with Crippen LogP contribution in [0.1, 0.15) is 38.8 Å². The van der Waals surface area contributed by atoms with Crippen LogP contribution in [-0.2, 0) is 12.0 Å². The molecule has 1 aromatic rings. The van der Waals surface area contributed by atoms with E-state index < -0.39 is 0 Å². The fourth-order valence-corrected chi connectivity index (χ4v) is 1.41. The van der Waals surface area contributed by atoms with Gasteiger partial charge in [0.05, 0.1) is 0 Å². The lowest BCUT2D eigenvalue weighted by Gasteiger charge is -2.19. The third-order valence-corrected chi connectivity index (χ3v) is 2.41. The molecule has 1 rings (SSSR count). The first kappa shape index (κ1) is 12.2. The highest BCUT2D eigenvalue weighted by atomic mass is 15.3. The van der Waals surface area contributed by atoms with Crippen molar-refractivity contribution in [2.75, 3.05) is 6.54 Å². The van der Waals surface area contributed by atoms with Crippen LogP contribution in [0, 0.1) is 0 Å². The Labute approximate surface area is 93.1 Å². The van der Waals surface area contributed by atoms with Crippen LogP contribution >= 0.6 is 0 Å². The van der Waals surface area contributed by atoms with E-state index in [1.54, 1.807) is 0 Å². The first-order valence-electron chi connectivity index (χ1n) is 5.59. The molecule has 2 heteroatoms. The second kappa shape index (κ2) is 5.29. The van der Waals surface area contributed by atoms with Crippen LogP contribution in [0.15, 0.2) is 24.3 Å². The highest BCUT2D eigenvalue weighted by molar-refractivity contribution is 5.27. The Morgan fingerprint density at radius 3 is 2.07 bits per heavy atom. The van der Waals surface area contributed by atoms with Gasteiger partial charge in [-0.15, -0.1) is 0 Å². The highest BCUT2D eigenvalue weighted by Gasteiger charge is 2.12. The average molecular weight is 206 g/mol. The molecule has 0 aliphatic heterocycles. The molecule has 15 heavy (non-hydrogen) atoms. The van der Waals surface area contributed by atoms with Crippen molar-refractivity contribution in [3.05, 3.63) is 35.4 Å². The maximum absolute atomic E-state index is 3.16. The van der Waals surface area contributed by atoms with Gasteiger partial charge in [0.2, 0.25) is 0 Å². The Hall–Kier alpha value is -0.860. The van der Waals surface area contributed by atoms with E-state index in [0.29, 0.717) is 0 Å². The first-order valence-corrected chi connectivity index (χ1v) is 5.59. The second-order valence-corrected chi connectivity index (χ2v) is 4.83. The number of hydrazine groups is 1. The van der Waals surface area contributed by atoms with Crippen molar-refractivity contribution in [1.82, 2.24) is 10.9 Å². The summed E-state index contributed by atoms with van der Waals surface area (Å²) in [6.45, 7) is 10.6. The van der Waals surface area contributed by atoms with Crippen LogP contribution in [-0.4, -0.2) is 6.54 Å². The maximum Gasteiger partial charge on any atom is 0.0351 e. The molecule has 0 aromatic heterocycles. The Morgan fingerprint density at radius 1 is 1.00 bits per heavy atom. The molecule has 0 fully saturated rings. The van der Waals surface area contributed by atoms with Crippen molar-refractivity contribution in [3.63, 3.8) is 0 Å². The minimum atomic E-state index is 0.244. The van der Waals surface area contributed by atoms with Gasteiger partial charge in [0, 0.05) is 13.1 Å². The van der Waals surface area contributed by atoms with Gasteiger partial charge in [-0.1, -0.05) is 52.0 Å². The van der Waals surface area contributed by atoms with Crippen LogP contribution in [0.3, 0.4) is 0 Å². The standard InChI is InChI=1S/C13H22N2/c1-5-14-15-10-11-6-8-12(9-7-11)13(2,3)4/h6-9,14-15H,5,10H2,1-4H3. The quantitative estimate of drug-likeness (QED) is 0.584. The lowest BCUT2D eigenvalue weighted by molar-refractivity contribution is 0.549. The summed E-state index contributed by atoms with van der Waals surface area (Å²) in [5, 5.41) is 0. The van der Waals surface area contributed by atoms with Crippen LogP contribution in [0.5, 0.6) is 0 Å². The molecule has 2 nitrogen and oxygen atoms in total. The summed E-state index contributed by atoms with van der Waals surface area (Å²) in [5.74, 6) is 0. The van der Waals surface area contributed by atoms with E-state index in [4.69, 9.17) is 0 Å². The van der Waals surface area contributed by atoms with Crippen LogP contribution in [0.25, 0.3) is 0 Å². The maximum atomic E-state index is 3.16. The molecular formula is C13H22N2. The van der Waals surface area contributed by atoms with Gasteiger partial charge in [0.1, 0.15) is 0 Å². The van der Waals surface area contributed by atoms with Crippen molar-refractivity contribution in [1.29, 1.82) is 0 Å². The third-order valence-electron chi connectivity index (χ3n) is 2.41.